The molecule has 0 aromatic heterocycles. The summed E-state index contributed by atoms with van der Waals surface area (Å²) in [4.78, 5) is 13.5. The normalized spacial score (nSPS) is 14.0. The first kappa shape index (κ1) is 18.7. The minimum absolute atomic E-state index is 0.103. The largest absolute Gasteiger partial charge is 0.367 e. The first-order valence-corrected chi connectivity index (χ1v) is 10.2. The molecule has 4 rings (SSSR count). The lowest BCUT2D eigenvalue weighted by molar-refractivity contribution is -0.481. The maximum Gasteiger partial charge on any atom is 0.214 e. The monoisotopic (exact) mass is 436 g/mol. The van der Waals surface area contributed by atoms with E-state index < -0.39 is 0 Å². The number of benzene rings is 3. The molecular weight excluding hydrogens is 416 g/mol. The van der Waals surface area contributed by atoms with E-state index in [0.717, 1.165) is 35.1 Å². The number of fused-ring (bicyclic) bond motifs is 1. The van der Waals surface area contributed by atoms with Crippen LogP contribution in [-0.4, -0.2) is 18.0 Å². The van der Waals surface area contributed by atoms with Crippen molar-refractivity contribution in [2.24, 2.45) is 0 Å². The van der Waals surface area contributed by atoms with Crippen LogP contribution in [0.3, 0.4) is 0 Å². The van der Waals surface area contributed by atoms with Gasteiger partial charge in [0.05, 0.1) is 5.92 Å². The van der Waals surface area contributed by atoms with E-state index in [4.69, 9.17) is 0 Å². The molecule has 0 amide bonds. The second kappa shape index (κ2) is 8.15. The van der Waals surface area contributed by atoms with Crippen LogP contribution >= 0.6 is 15.9 Å². The van der Waals surface area contributed by atoms with Crippen LogP contribution in [0.15, 0.2) is 77.3 Å². The zero-order valence-electron chi connectivity index (χ0n) is 15.4. The Morgan fingerprint density at radius 2 is 1.71 bits per heavy atom. The molecule has 0 N–H and O–H groups in total. The third-order valence-electron chi connectivity index (χ3n) is 5.32. The molecule has 0 aliphatic carbocycles. The molecule has 0 radical (unpaired) electrons. The first-order valence-electron chi connectivity index (χ1n) is 9.39. The van der Waals surface area contributed by atoms with Crippen molar-refractivity contribution >= 4 is 21.6 Å². The van der Waals surface area contributed by atoms with Gasteiger partial charge in [0.1, 0.15) is 0 Å². The fourth-order valence-electron chi connectivity index (χ4n) is 3.92. The summed E-state index contributed by atoms with van der Waals surface area (Å²) in [5.41, 5.74) is 5.79. The standard InChI is InChI=1S/C23H21BrN2O2/c24-21-9-6-18(7-10-21)22(16-26(27)28)19-8-11-23-20(14-19)12-13-25(23)15-17-4-2-1-3-5-17/h1-11,14,22H,12-13,15-16H2. The van der Waals surface area contributed by atoms with Crippen LogP contribution in [0.5, 0.6) is 0 Å². The number of anilines is 1. The summed E-state index contributed by atoms with van der Waals surface area (Å²) in [6.07, 6.45) is 0.974. The predicted octanol–water partition coefficient (Wildman–Crippen LogP) is 5.42. The first-order chi connectivity index (χ1) is 13.6. The molecule has 4 nitrogen and oxygen atoms in total. The quantitative estimate of drug-likeness (QED) is 0.382. The number of hydrogen-bond donors (Lipinski definition) is 0. The molecule has 5 heteroatoms. The fraction of sp³-hybridized carbons (Fsp3) is 0.217. The summed E-state index contributed by atoms with van der Waals surface area (Å²) in [5, 5.41) is 11.3. The lowest BCUT2D eigenvalue weighted by Crippen LogP contribution is -2.19. The molecule has 1 aliphatic rings. The Labute approximate surface area is 173 Å². The lowest BCUT2D eigenvalue weighted by atomic mass is 9.90. The zero-order valence-corrected chi connectivity index (χ0v) is 17.0. The minimum atomic E-state index is -0.239. The topological polar surface area (TPSA) is 46.4 Å². The highest BCUT2D eigenvalue weighted by Gasteiger charge is 2.24. The van der Waals surface area contributed by atoms with Gasteiger partial charge in [-0.1, -0.05) is 70.5 Å². The molecule has 3 aromatic rings. The van der Waals surface area contributed by atoms with Gasteiger partial charge in [0.15, 0.2) is 0 Å². The third-order valence-corrected chi connectivity index (χ3v) is 5.85. The lowest BCUT2D eigenvalue weighted by Gasteiger charge is -2.20. The molecule has 0 spiro atoms. The van der Waals surface area contributed by atoms with E-state index in [1.54, 1.807) is 0 Å². The van der Waals surface area contributed by atoms with Gasteiger partial charge in [0.25, 0.3) is 0 Å². The summed E-state index contributed by atoms with van der Waals surface area (Å²) in [7, 11) is 0. The Balaban J connectivity index is 1.61. The van der Waals surface area contributed by atoms with Crippen LogP contribution in [-0.2, 0) is 13.0 Å². The number of halogens is 1. The smallest absolute Gasteiger partial charge is 0.214 e. The number of nitrogens with zero attached hydrogens (tertiary/aromatic N) is 2. The number of hydrogen-bond acceptors (Lipinski definition) is 3. The van der Waals surface area contributed by atoms with E-state index in [0.29, 0.717) is 0 Å². The second-order valence-corrected chi connectivity index (χ2v) is 8.08. The van der Waals surface area contributed by atoms with E-state index in [1.807, 2.05) is 30.3 Å². The van der Waals surface area contributed by atoms with E-state index in [2.05, 4.69) is 63.3 Å². The fourth-order valence-corrected chi connectivity index (χ4v) is 4.19. The van der Waals surface area contributed by atoms with Crippen molar-refractivity contribution < 1.29 is 4.92 Å². The molecule has 142 valence electrons. The highest BCUT2D eigenvalue weighted by molar-refractivity contribution is 9.10. The van der Waals surface area contributed by atoms with Gasteiger partial charge in [-0.3, -0.25) is 10.1 Å². The van der Waals surface area contributed by atoms with Crippen molar-refractivity contribution in [3.8, 4) is 0 Å². The number of nitro groups is 1. The van der Waals surface area contributed by atoms with Crippen molar-refractivity contribution in [1.82, 2.24) is 0 Å². The molecule has 0 saturated heterocycles. The van der Waals surface area contributed by atoms with Gasteiger partial charge in [-0.15, -0.1) is 0 Å². The van der Waals surface area contributed by atoms with Crippen LogP contribution < -0.4 is 4.90 Å². The Kier molecular flexibility index (Phi) is 5.44. The van der Waals surface area contributed by atoms with Crippen molar-refractivity contribution in [2.45, 2.75) is 18.9 Å². The van der Waals surface area contributed by atoms with Gasteiger partial charge in [-0.2, -0.15) is 0 Å². The highest BCUT2D eigenvalue weighted by atomic mass is 79.9. The van der Waals surface area contributed by atoms with Gasteiger partial charge in [0, 0.05) is 28.2 Å². The van der Waals surface area contributed by atoms with Crippen LogP contribution in [0.2, 0.25) is 0 Å². The van der Waals surface area contributed by atoms with Crippen molar-refractivity contribution in [2.75, 3.05) is 18.0 Å². The van der Waals surface area contributed by atoms with E-state index in [1.165, 1.54) is 16.8 Å². The molecular formula is C23H21BrN2O2. The Morgan fingerprint density at radius 3 is 2.43 bits per heavy atom. The summed E-state index contributed by atoms with van der Waals surface area (Å²) in [5.74, 6) is -0.239. The maximum atomic E-state index is 11.3. The molecule has 1 atom stereocenters. The maximum absolute atomic E-state index is 11.3. The average molecular weight is 437 g/mol. The Hall–Kier alpha value is -2.66. The molecule has 1 unspecified atom stereocenters. The highest BCUT2D eigenvalue weighted by Crippen LogP contribution is 2.34. The minimum Gasteiger partial charge on any atom is -0.367 e. The molecule has 1 aliphatic heterocycles. The van der Waals surface area contributed by atoms with Gasteiger partial charge in [-0.25, -0.2) is 0 Å². The summed E-state index contributed by atoms with van der Waals surface area (Å²) < 4.78 is 0.974. The van der Waals surface area contributed by atoms with Crippen LogP contribution in [0.25, 0.3) is 0 Å². The van der Waals surface area contributed by atoms with E-state index in [-0.39, 0.29) is 17.4 Å². The van der Waals surface area contributed by atoms with Gasteiger partial charge in [0.2, 0.25) is 6.54 Å². The van der Waals surface area contributed by atoms with Crippen LogP contribution in [0.4, 0.5) is 5.69 Å². The predicted molar refractivity (Wildman–Crippen MR) is 115 cm³/mol. The molecule has 1 heterocycles. The van der Waals surface area contributed by atoms with E-state index >= 15 is 0 Å². The SMILES string of the molecule is O=[N+]([O-])CC(c1ccc(Br)cc1)c1ccc2c(c1)CCN2Cc1ccccc1. The van der Waals surface area contributed by atoms with Crippen LogP contribution in [0, 0.1) is 10.1 Å². The summed E-state index contributed by atoms with van der Waals surface area (Å²) in [6.45, 7) is 1.76. The van der Waals surface area contributed by atoms with Crippen molar-refractivity contribution in [1.29, 1.82) is 0 Å². The Morgan fingerprint density at radius 1 is 1.00 bits per heavy atom. The van der Waals surface area contributed by atoms with Gasteiger partial charge in [-0.05, 0) is 46.9 Å². The molecule has 28 heavy (non-hydrogen) atoms. The second-order valence-electron chi connectivity index (χ2n) is 7.16. The average Bonchev–Trinajstić information content (AvgIpc) is 3.09. The molecule has 0 saturated carbocycles. The third kappa shape index (κ3) is 4.09. The van der Waals surface area contributed by atoms with Crippen molar-refractivity contribution in [3.05, 3.63) is 110 Å². The number of rotatable bonds is 6. The summed E-state index contributed by atoms with van der Waals surface area (Å²) in [6, 6.07) is 24.6. The molecule has 3 aromatic carbocycles. The van der Waals surface area contributed by atoms with Crippen molar-refractivity contribution in [3.63, 3.8) is 0 Å². The van der Waals surface area contributed by atoms with Gasteiger partial charge >= 0.3 is 0 Å². The van der Waals surface area contributed by atoms with Crippen LogP contribution in [0.1, 0.15) is 28.2 Å². The summed E-state index contributed by atoms with van der Waals surface area (Å²) >= 11 is 3.44. The molecule has 0 bridgehead atoms. The van der Waals surface area contributed by atoms with E-state index in [9.17, 15) is 10.1 Å². The Bertz CT molecular complexity index is 974. The zero-order chi connectivity index (χ0) is 19.5. The van der Waals surface area contributed by atoms with Gasteiger partial charge < -0.3 is 4.90 Å². The molecule has 0 fully saturated rings.